The van der Waals surface area contributed by atoms with Crippen LogP contribution in [0.4, 0.5) is 0 Å². The van der Waals surface area contributed by atoms with Gasteiger partial charge >= 0.3 is 0 Å². The van der Waals surface area contributed by atoms with Crippen molar-refractivity contribution in [3.63, 3.8) is 0 Å². The number of carbonyl (C=O) groups is 1. The van der Waals surface area contributed by atoms with Crippen LogP contribution in [0.3, 0.4) is 0 Å². The second kappa shape index (κ2) is 4.84. The van der Waals surface area contributed by atoms with Crippen LogP contribution in [-0.2, 0) is 4.79 Å². The highest BCUT2D eigenvalue weighted by molar-refractivity contribution is 5.89. The van der Waals surface area contributed by atoms with E-state index in [2.05, 4.69) is 27.7 Å². The Labute approximate surface area is 136 Å². The Kier molecular flexibility index (Phi) is 3.34. The van der Waals surface area contributed by atoms with E-state index in [4.69, 9.17) is 0 Å². The van der Waals surface area contributed by atoms with Crippen LogP contribution in [0.1, 0.15) is 79.1 Å². The molecule has 0 radical (unpaired) electrons. The summed E-state index contributed by atoms with van der Waals surface area (Å²) in [6.45, 7) is 9.60. The van der Waals surface area contributed by atoms with Gasteiger partial charge < -0.3 is 0 Å². The zero-order valence-corrected chi connectivity index (χ0v) is 15.0. The molecule has 0 aromatic heterocycles. The number of carbonyl (C=O) groups excluding carboxylic acids is 1. The van der Waals surface area contributed by atoms with Crippen molar-refractivity contribution < 1.29 is 4.79 Å². The van der Waals surface area contributed by atoms with E-state index in [0.29, 0.717) is 23.0 Å². The van der Waals surface area contributed by atoms with Gasteiger partial charge in [-0.15, -0.1) is 0 Å². The molecule has 22 heavy (non-hydrogen) atoms. The average molecular weight is 303 g/mol. The molecule has 4 saturated carbocycles. The predicted molar refractivity (Wildman–Crippen MR) is 90.4 cm³/mol. The molecule has 0 spiro atoms. The summed E-state index contributed by atoms with van der Waals surface area (Å²) in [5.74, 6) is 5.29. The lowest BCUT2D eigenvalue weighted by Crippen LogP contribution is -2.53. The molecule has 4 aliphatic carbocycles. The average Bonchev–Trinajstić information content (AvgIpc) is 2.72. The summed E-state index contributed by atoms with van der Waals surface area (Å²) >= 11 is 0. The van der Waals surface area contributed by atoms with E-state index in [1.807, 2.05) is 0 Å². The van der Waals surface area contributed by atoms with Crippen molar-refractivity contribution in [1.29, 1.82) is 0 Å². The maximum Gasteiger partial charge on any atom is 0.141 e. The van der Waals surface area contributed by atoms with Gasteiger partial charge in [0.2, 0.25) is 0 Å². The van der Waals surface area contributed by atoms with E-state index in [0.717, 1.165) is 23.7 Å². The van der Waals surface area contributed by atoms with Crippen molar-refractivity contribution in [2.45, 2.75) is 79.1 Å². The van der Waals surface area contributed by atoms with Gasteiger partial charge in [0.15, 0.2) is 0 Å². The minimum absolute atomic E-state index is 0.0335. The molecule has 4 aliphatic rings. The first-order chi connectivity index (χ1) is 10.4. The number of rotatable bonds is 0. The molecule has 0 N–H and O–H groups in total. The topological polar surface area (TPSA) is 17.1 Å². The smallest absolute Gasteiger partial charge is 0.141 e. The Morgan fingerprint density at radius 3 is 2.45 bits per heavy atom. The van der Waals surface area contributed by atoms with Gasteiger partial charge in [0.1, 0.15) is 5.78 Å². The molecule has 0 aromatic rings. The molecule has 0 bridgehead atoms. The van der Waals surface area contributed by atoms with E-state index in [9.17, 15) is 4.79 Å². The van der Waals surface area contributed by atoms with Crippen molar-refractivity contribution in [1.82, 2.24) is 0 Å². The fraction of sp³-hybridized carbons (Fsp3) is 0.952. The Morgan fingerprint density at radius 2 is 1.68 bits per heavy atom. The number of Topliss-reactive ketones (excluding diaryl/α,β-unsaturated/α-hetero) is 1. The van der Waals surface area contributed by atoms with Crippen molar-refractivity contribution in [3.8, 4) is 0 Å². The zero-order chi connectivity index (χ0) is 15.7. The fourth-order valence-electron chi connectivity index (χ4n) is 7.58. The third-order valence-electron chi connectivity index (χ3n) is 8.94. The van der Waals surface area contributed by atoms with Crippen molar-refractivity contribution in [2.75, 3.05) is 0 Å². The molecular weight excluding hydrogens is 268 g/mol. The minimum Gasteiger partial charge on any atom is -0.299 e. The molecule has 0 saturated heterocycles. The van der Waals surface area contributed by atoms with E-state index in [1.165, 1.54) is 51.4 Å². The molecular formula is C21H34O. The second-order valence-electron chi connectivity index (χ2n) is 9.99. The number of ketones is 1. The normalized spacial score (nSPS) is 57.9. The monoisotopic (exact) mass is 302 g/mol. The van der Waals surface area contributed by atoms with Gasteiger partial charge in [-0.1, -0.05) is 34.1 Å². The molecule has 0 aromatic carbocycles. The molecule has 124 valence electrons. The van der Waals surface area contributed by atoms with Crippen molar-refractivity contribution in [2.24, 2.45) is 46.3 Å². The zero-order valence-electron chi connectivity index (χ0n) is 15.0. The van der Waals surface area contributed by atoms with Crippen LogP contribution < -0.4 is 0 Å². The Morgan fingerprint density at radius 1 is 0.909 bits per heavy atom. The number of hydrogen-bond donors (Lipinski definition) is 0. The van der Waals surface area contributed by atoms with Gasteiger partial charge in [-0.2, -0.15) is 0 Å². The standard InChI is InChI=1S/C21H34O/c1-13-7-9-20(3)15(11-13)5-6-16-17(20)8-10-21(4)18(16)12-14(2)19(21)22/h13-18H,5-12H2,1-4H3/t13-,14-,15-,16+,17-,18-,20-,21-/m0/s1. The quantitative estimate of drug-likeness (QED) is 0.579. The number of fused-ring (bicyclic) bond motifs is 5. The van der Waals surface area contributed by atoms with Crippen LogP contribution in [0.15, 0.2) is 0 Å². The molecule has 4 rings (SSSR count). The second-order valence-corrected chi connectivity index (χ2v) is 9.99. The Balaban J connectivity index is 1.64. The van der Waals surface area contributed by atoms with Crippen molar-refractivity contribution in [3.05, 3.63) is 0 Å². The Bertz CT molecular complexity index is 482. The number of hydrogen-bond acceptors (Lipinski definition) is 1. The summed E-state index contributed by atoms with van der Waals surface area (Å²) in [6, 6.07) is 0. The lowest BCUT2D eigenvalue weighted by atomic mass is 9.45. The van der Waals surface area contributed by atoms with Crippen LogP contribution in [-0.4, -0.2) is 5.78 Å². The highest BCUT2D eigenvalue weighted by Crippen LogP contribution is 2.66. The predicted octanol–water partition coefficient (Wildman–Crippen LogP) is 5.48. The van der Waals surface area contributed by atoms with Gasteiger partial charge in [0.25, 0.3) is 0 Å². The maximum atomic E-state index is 12.7. The summed E-state index contributed by atoms with van der Waals surface area (Å²) < 4.78 is 0. The first kappa shape index (κ1) is 15.2. The lowest BCUT2D eigenvalue weighted by molar-refractivity contribution is -0.141. The summed E-state index contributed by atoms with van der Waals surface area (Å²) in [6.07, 6.45) is 10.9. The van der Waals surface area contributed by atoms with Crippen LogP contribution >= 0.6 is 0 Å². The van der Waals surface area contributed by atoms with E-state index >= 15 is 0 Å². The van der Waals surface area contributed by atoms with Crippen LogP contribution in [0.25, 0.3) is 0 Å². The van der Waals surface area contributed by atoms with Crippen LogP contribution in [0, 0.1) is 46.3 Å². The largest absolute Gasteiger partial charge is 0.299 e. The highest BCUT2D eigenvalue weighted by Gasteiger charge is 2.61. The molecule has 0 amide bonds. The lowest BCUT2D eigenvalue weighted by Gasteiger charge is -2.60. The van der Waals surface area contributed by atoms with Gasteiger partial charge in [0.05, 0.1) is 0 Å². The van der Waals surface area contributed by atoms with Gasteiger partial charge in [-0.3, -0.25) is 4.79 Å². The summed E-state index contributed by atoms with van der Waals surface area (Å²) in [5, 5.41) is 0. The summed E-state index contributed by atoms with van der Waals surface area (Å²) in [7, 11) is 0. The Hall–Kier alpha value is -0.330. The third-order valence-corrected chi connectivity index (χ3v) is 8.94. The molecule has 0 heterocycles. The highest BCUT2D eigenvalue weighted by atomic mass is 16.1. The molecule has 4 fully saturated rings. The van der Waals surface area contributed by atoms with Crippen molar-refractivity contribution >= 4 is 5.78 Å². The SMILES string of the molecule is C[C@H]1CC[C@@]2(C)[C@@H](CC[C@@H]3[C@@H]2CC[C@]2(C)C(=O)[C@@H](C)C[C@@H]32)C1. The van der Waals surface area contributed by atoms with Crippen LogP contribution in [0.2, 0.25) is 0 Å². The van der Waals surface area contributed by atoms with Gasteiger partial charge in [-0.05, 0) is 80.0 Å². The molecule has 0 aliphatic heterocycles. The molecule has 0 unspecified atom stereocenters. The third kappa shape index (κ3) is 1.86. The minimum atomic E-state index is 0.0335. The van der Waals surface area contributed by atoms with E-state index in [-0.39, 0.29) is 5.41 Å². The maximum absolute atomic E-state index is 12.7. The summed E-state index contributed by atoms with van der Waals surface area (Å²) in [5.41, 5.74) is 0.622. The fourth-order valence-corrected chi connectivity index (χ4v) is 7.58. The summed E-state index contributed by atoms with van der Waals surface area (Å²) in [4.78, 5) is 12.7. The molecule has 1 heteroatoms. The first-order valence-electron chi connectivity index (χ1n) is 9.90. The van der Waals surface area contributed by atoms with Gasteiger partial charge in [-0.25, -0.2) is 0 Å². The molecule has 8 atom stereocenters. The van der Waals surface area contributed by atoms with Crippen LogP contribution in [0.5, 0.6) is 0 Å². The van der Waals surface area contributed by atoms with E-state index in [1.54, 1.807) is 0 Å². The van der Waals surface area contributed by atoms with E-state index < -0.39 is 0 Å². The molecule has 1 nitrogen and oxygen atoms in total. The first-order valence-corrected chi connectivity index (χ1v) is 9.90. The van der Waals surface area contributed by atoms with Gasteiger partial charge in [0, 0.05) is 11.3 Å².